The van der Waals surface area contributed by atoms with Crippen LogP contribution in [-0.4, -0.2) is 62.1 Å². The van der Waals surface area contributed by atoms with Gasteiger partial charge in [0.25, 0.3) is 0 Å². The van der Waals surface area contributed by atoms with E-state index in [0.29, 0.717) is 19.0 Å². The SMILES string of the molecule is CCCCOCC(O)COc1ccc2c(C)c(OCC(O)COCCCC)ccc2c1. The van der Waals surface area contributed by atoms with Crippen molar-refractivity contribution in [3.63, 3.8) is 0 Å². The number of unbranched alkanes of at least 4 members (excludes halogenated alkanes) is 2. The van der Waals surface area contributed by atoms with E-state index in [0.717, 1.165) is 47.8 Å². The Bertz CT molecular complexity index is 763. The predicted octanol–water partition coefficient (Wildman–Crippen LogP) is 4.26. The molecule has 0 amide bonds. The fourth-order valence-corrected chi connectivity index (χ4v) is 3.10. The van der Waals surface area contributed by atoms with Crippen molar-refractivity contribution in [2.75, 3.05) is 39.6 Å². The molecule has 0 aliphatic rings. The molecule has 0 aromatic heterocycles. The lowest BCUT2D eigenvalue weighted by Gasteiger charge is -2.16. The fourth-order valence-electron chi connectivity index (χ4n) is 3.10. The third kappa shape index (κ3) is 9.03. The first-order valence-corrected chi connectivity index (χ1v) is 11.4. The summed E-state index contributed by atoms with van der Waals surface area (Å²) in [6, 6.07) is 9.70. The van der Waals surface area contributed by atoms with Crippen LogP contribution in [0.2, 0.25) is 0 Å². The summed E-state index contributed by atoms with van der Waals surface area (Å²) in [5.41, 5.74) is 1.01. The second-order valence-corrected chi connectivity index (χ2v) is 7.86. The molecule has 2 aromatic rings. The first kappa shape index (κ1) is 25.4. The number of hydrogen-bond acceptors (Lipinski definition) is 6. The predicted molar refractivity (Wildman–Crippen MR) is 123 cm³/mol. The van der Waals surface area contributed by atoms with E-state index in [1.54, 1.807) is 0 Å². The van der Waals surface area contributed by atoms with Gasteiger partial charge in [0.1, 0.15) is 36.9 Å². The molecule has 0 aliphatic carbocycles. The third-order valence-corrected chi connectivity index (χ3v) is 4.99. The van der Waals surface area contributed by atoms with Crippen LogP contribution in [0.15, 0.2) is 30.3 Å². The molecule has 6 nitrogen and oxygen atoms in total. The summed E-state index contributed by atoms with van der Waals surface area (Å²) in [6.07, 6.45) is 2.83. The van der Waals surface area contributed by atoms with Crippen LogP contribution >= 0.6 is 0 Å². The summed E-state index contributed by atoms with van der Waals surface area (Å²) in [5.74, 6) is 1.45. The topological polar surface area (TPSA) is 77.4 Å². The van der Waals surface area contributed by atoms with Crippen LogP contribution in [0, 0.1) is 6.92 Å². The molecule has 0 saturated carbocycles. The van der Waals surface area contributed by atoms with E-state index in [-0.39, 0.29) is 26.4 Å². The number of rotatable bonds is 16. The van der Waals surface area contributed by atoms with Crippen molar-refractivity contribution in [1.82, 2.24) is 0 Å². The molecule has 2 N–H and O–H groups in total. The maximum atomic E-state index is 10.0. The summed E-state index contributed by atoms with van der Waals surface area (Å²) in [5, 5.41) is 22.1. The third-order valence-electron chi connectivity index (χ3n) is 4.99. The number of benzene rings is 2. The maximum Gasteiger partial charge on any atom is 0.122 e. The first-order chi connectivity index (χ1) is 15.0. The van der Waals surface area contributed by atoms with Crippen molar-refractivity contribution in [1.29, 1.82) is 0 Å². The smallest absolute Gasteiger partial charge is 0.122 e. The van der Waals surface area contributed by atoms with E-state index in [4.69, 9.17) is 18.9 Å². The average molecular weight is 435 g/mol. The monoisotopic (exact) mass is 434 g/mol. The highest BCUT2D eigenvalue weighted by Gasteiger charge is 2.11. The van der Waals surface area contributed by atoms with Gasteiger partial charge in [-0.1, -0.05) is 38.8 Å². The summed E-state index contributed by atoms with van der Waals surface area (Å²) in [7, 11) is 0. The van der Waals surface area contributed by atoms with Crippen molar-refractivity contribution in [3.8, 4) is 11.5 Å². The van der Waals surface area contributed by atoms with Crippen LogP contribution in [0.3, 0.4) is 0 Å². The number of ether oxygens (including phenoxy) is 4. The zero-order valence-electron chi connectivity index (χ0n) is 19.1. The van der Waals surface area contributed by atoms with Gasteiger partial charge < -0.3 is 29.2 Å². The Hall–Kier alpha value is -1.86. The largest absolute Gasteiger partial charge is 0.491 e. The van der Waals surface area contributed by atoms with Gasteiger partial charge in [-0.2, -0.15) is 0 Å². The number of aliphatic hydroxyl groups excluding tert-OH is 2. The van der Waals surface area contributed by atoms with Crippen molar-refractivity contribution in [2.45, 2.75) is 58.7 Å². The molecule has 2 aromatic carbocycles. The maximum absolute atomic E-state index is 10.0. The van der Waals surface area contributed by atoms with Gasteiger partial charge >= 0.3 is 0 Å². The van der Waals surface area contributed by atoms with Gasteiger partial charge in [0.15, 0.2) is 0 Å². The van der Waals surface area contributed by atoms with Crippen LogP contribution in [0.1, 0.15) is 45.1 Å². The van der Waals surface area contributed by atoms with E-state index in [1.165, 1.54) is 0 Å². The molecule has 174 valence electrons. The summed E-state index contributed by atoms with van der Waals surface area (Å²) >= 11 is 0. The molecule has 0 fully saturated rings. The van der Waals surface area contributed by atoms with Crippen molar-refractivity contribution in [2.24, 2.45) is 0 Å². The minimum atomic E-state index is -0.653. The number of hydrogen-bond donors (Lipinski definition) is 2. The first-order valence-electron chi connectivity index (χ1n) is 11.4. The molecule has 0 aliphatic heterocycles. The molecule has 31 heavy (non-hydrogen) atoms. The normalized spacial score (nSPS) is 13.3. The van der Waals surface area contributed by atoms with E-state index < -0.39 is 12.2 Å². The second kappa shape index (κ2) is 14.2. The molecule has 0 bridgehead atoms. The minimum Gasteiger partial charge on any atom is -0.491 e. The van der Waals surface area contributed by atoms with Gasteiger partial charge in [-0.25, -0.2) is 0 Å². The Kier molecular flexibility index (Phi) is 11.7. The minimum absolute atomic E-state index is 0.190. The molecule has 2 unspecified atom stereocenters. The lowest BCUT2D eigenvalue weighted by atomic mass is 10.0. The molecule has 2 rings (SSSR count). The summed E-state index contributed by atoms with van der Waals surface area (Å²) < 4.78 is 22.4. The van der Waals surface area contributed by atoms with Gasteiger partial charge in [0.05, 0.1) is 13.2 Å². The molecule has 0 heterocycles. The number of fused-ring (bicyclic) bond motifs is 1. The fraction of sp³-hybridized carbons (Fsp3) is 0.600. The Morgan fingerprint density at radius 1 is 0.774 bits per heavy atom. The second-order valence-electron chi connectivity index (χ2n) is 7.86. The van der Waals surface area contributed by atoms with Crippen LogP contribution < -0.4 is 9.47 Å². The number of aliphatic hydroxyl groups is 2. The molecular weight excluding hydrogens is 396 g/mol. The van der Waals surface area contributed by atoms with E-state index in [1.807, 2.05) is 37.3 Å². The average Bonchev–Trinajstić information content (AvgIpc) is 2.77. The van der Waals surface area contributed by atoms with Crippen LogP contribution in [0.4, 0.5) is 0 Å². The lowest BCUT2D eigenvalue weighted by molar-refractivity contribution is 0.0112. The van der Waals surface area contributed by atoms with Crippen molar-refractivity contribution in [3.05, 3.63) is 35.9 Å². The molecule has 0 radical (unpaired) electrons. The van der Waals surface area contributed by atoms with Gasteiger partial charge in [-0.15, -0.1) is 0 Å². The van der Waals surface area contributed by atoms with Gasteiger partial charge in [0, 0.05) is 13.2 Å². The summed E-state index contributed by atoms with van der Waals surface area (Å²) in [6.45, 7) is 8.48. The van der Waals surface area contributed by atoms with Crippen LogP contribution in [0.5, 0.6) is 11.5 Å². The molecule has 0 saturated heterocycles. The molecule has 0 spiro atoms. The zero-order chi connectivity index (χ0) is 22.5. The van der Waals surface area contributed by atoms with Gasteiger partial charge in [0.2, 0.25) is 0 Å². The summed E-state index contributed by atoms with van der Waals surface area (Å²) in [4.78, 5) is 0. The molecule has 2 atom stereocenters. The lowest BCUT2D eigenvalue weighted by Crippen LogP contribution is -2.24. The quantitative estimate of drug-likeness (QED) is 0.385. The highest BCUT2D eigenvalue weighted by Crippen LogP contribution is 2.30. The number of aryl methyl sites for hydroxylation is 1. The molecular formula is C25H38O6. The van der Waals surface area contributed by atoms with E-state index in [2.05, 4.69) is 13.8 Å². The highest BCUT2D eigenvalue weighted by atomic mass is 16.5. The van der Waals surface area contributed by atoms with E-state index >= 15 is 0 Å². The Balaban J connectivity index is 1.86. The van der Waals surface area contributed by atoms with Crippen molar-refractivity contribution >= 4 is 10.8 Å². The molecule has 6 heteroatoms. The van der Waals surface area contributed by atoms with Crippen molar-refractivity contribution < 1.29 is 29.2 Å². The van der Waals surface area contributed by atoms with Gasteiger partial charge in [-0.3, -0.25) is 0 Å². The van der Waals surface area contributed by atoms with Crippen LogP contribution in [0.25, 0.3) is 10.8 Å². The van der Waals surface area contributed by atoms with E-state index in [9.17, 15) is 10.2 Å². The highest BCUT2D eigenvalue weighted by molar-refractivity contribution is 5.88. The standard InChI is InChI=1S/C25H38O6/c1-4-6-12-28-15-21(26)17-30-23-9-10-24-19(3)25(11-8-20(24)14-23)31-18-22(27)16-29-13-7-5-2/h8-11,14,21-22,26-27H,4-7,12-13,15-18H2,1-3H3. The van der Waals surface area contributed by atoms with Crippen LogP contribution in [-0.2, 0) is 9.47 Å². The zero-order valence-corrected chi connectivity index (χ0v) is 19.1. The Morgan fingerprint density at radius 2 is 1.39 bits per heavy atom. The van der Waals surface area contributed by atoms with Gasteiger partial charge in [-0.05, 0) is 54.3 Å². The Morgan fingerprint density at radius 3 is 2.00 bits per heavy atom. The Labute approximate surface area is 186 Å².